The molecule has 1 N–H and O–H groups in total. The van der Waals surface area contributed by atoms with Gasteiger partial charge in [0.15, 0.2) is 0 Å². The highest BCUT2D eigenvalue weighted by atomic mass is 16.6. The van der Waals surface area contributed by atoms with Crippen LogP contribution in [-0.4, -0.2) is 22.4 Å². The van der Waals surface area contributed by atoms with E-state index in [9.17, 15) is 5.11 Å². The number of aromatic hydroxyl groups is 1. The Hall–Kier alpha value is -1.48. The molecule has 1 fully saturated rings. The predicted octanol–water partition coefficient (Wildman–Crippen LogP) is 5.25. The summed E-state index contributed by atoms with van der Waals surface area (Å²) in [7, 11) is 0. The Morgan fingerprint density at radius 3 is 2.58 bits per heavy atom. The molecule has 2 heterocycles. The molecule has 0 radical (unpaired) electrons. The number of phenols is 1. The zero-order valence-electron chi connectivity index (χ0n) is 15.4. The summed E-state index contributed by atoms with van der Waals surface area (Å²) in [5.41, 5.74) is 1.65. The summed E-state index contributed by atoms with van der Waals surface area (Å²) in [6, 6.07) is 3.98. The Kier molecular flexibility index (Phi) is 4.65. The predicted molar refractivity (Wildman–Crippen MR) is 97.6 cm³/mol. The molecular formula is C21H30O3. The third-order valence-corrected chi connectivity index (χ3v) is 5.26. The summed E-state index contributed by atoms with van der Waals surface area (Å²) in [4.78, 5) is 0. The van der Waals surface area contributed by atoms with Gasteiger partial charge in [-0.05, 0) is 76.3 Å². The van der Waals surface area contributed by atoms with Gasteiger partial charge in [0.25, 0.3) is 0 Å². The number of ether oxygens (including phenoxy) is 2. The zero-order chi connectivity index (χ0) is 17.4. The lowest BCUT2D eigenvalue weighted by molar-refractivity contribution is 0.121. The quantitative estimate of drug-likeness (QED) is 0.548. The van der Waals surface area contributed by atoms with Gasteiger partial charge in [-0.1, -0.05) is 19.8 Å². The van der Waals surface area contributed by atoms with Gasteiger partial charge < -0.3 is 14.6 Å². The van der Waals surface area contributed by atoms with Crippen molar-refractivity contribution >= 4 is 6.08 Å². The van der Waals surface area contributed by atoms with E-state index in [0.717, 1.165) is 42.6 Å². The number of unbranched alkanes of at least 4 members (excludes halogenated alkanes) is 2. The van der Waals surface area contributed by atoms with E-state index >= 15 is 0 Å². The molecule has 0 aliphatic carbocycles. The van der Waals surface area contributed by atoms with Crippen LogP contribution in [0.2, 0.25) is 0 Å². The summed E-state index contributed by atoms with van der Waals surface area (Å²) in [6.45, 7) is 8.58. The normalized spacial score (nSPS) is 26.8. The Labute approximate surface area is 145 Å². The van der Waals surface area contributed by atoms with Crippen LogP contribution in [0.25, 0.3) is 6.08 Å². The van der Waals surface area contributed by atoms with Crippen molar-refractivity contribution < 1.29 is 14.6 Å². The smallest absolute Gasteiger partial charge is 0.131 e. The van der Waals surface area contributed by atoms with E-state index in [1.807, 2.05) is 12.1 Å². The summed E-state index contributed by atoms with van der Waals surface area (Å²) in [6.07, 6.45) is 10.9. The molecular weight excluding hydrogens is 300 g/mol. The van der Waals surface area contributed by atoms with Gasteiger partial charge in [-0.15, -0.1) is 0 Å². The summed E-state index contributed by atoms with van der Waals surface area (Å²) in [5, 5.41) is 10.3. The molecule has 0 bridgehead atoms. The largest absolute Gasteiger partial charge is 0.507 e. The molecule has 1 saturated heterocycles. The Morgan fingerprint density at radius 2 is 1.92 bits per heavy atom. The lowest BCUT2D eigenvalue weighted by Gasteiger charge is -2.32. The standard InChI is InChI=1S/C21H30O3/c1-5-6-7-8-15-13-17(22)16-9-11-21(4,23-18(16)14-15)12-10-19-20(2,3)24-19/h9,11,13-14,19,22H,5-8,10,12H2,1-4H3. The maximum absolute atomic E-state index is 10.3. The first-order valence-corrected chi connectivity index (χ1v) is 9.25. The Balaban J connectivity index is 1.69. The average molecular weight is 330 g/mol. The Morgan fingerprint density at radius 1 is 1.17 bits per heavy atom. The number of fused-ring (bicyclic) bond motifs is 1. The third-order valence-electron chi connectivity index (χ3n) is 5.26. The van der Waals surface area contributed by atoms with Gasteiger partial charge in [0.05, 0.1) is 17.3 Å². The van der Waals surface area contributed by atoms with Gasteiger partial charge in [-0.3, -0.25) is 0 Å². The minimum absolute atomic E-state index is 0.0252. The van der Waals surface area contributed by atoms with E-state index in [2.05, 4.69) is 39.8 Å². The number of rotatable bonds is 7. The van der Waals surface area contributed by atoms with Crippen molar-refractivity contribution in [1.29, 1.82) is 0 Å². The van der Waals surface area contributed by atoms with Gasteiger partial charge in [-0.2, -0.15) is 0 Å². The van der Waals surface area contributed by atoms with E-state index in [4.69, 9.17) is 9.47 Å². The molecule has 1 aromatic carbocycles. The highest BCUT2D eigenvalue weighted by Crippen LogP contribution is 2.43. The van der Waals surface area contributed by atoms with Crippen LogP contribution < -0.4 is 4.74 Å². The number of benzene rings is 1. The molecule has 2 unspecified atom stereocenters. The van der Waals surface area contributed by atoms with Gasteiger partial charge >= 0.3 is 0 Å². The van der Waals surface area contributed by atoms with Crippen LogP contribution in [0.1, 0.15) is 70.9 Å². The summed E-state index contributed by atoms with van der Waals surface area (Å²) >= 11 is 0. The first-order valence-electron chi connectivity index (χ1n) is 9.25. The molecule has 2 aliphatic heterocycles. The fourth-order valence-electron chi connectivity index (χ4n) is 3.48. The molecule has 3 nitrogen and oxygen atoms in total. The molecule has 24 heavy (non-hydrogen) atoms. The van der Waals surface area contributed by atoms with Crippen molar-refractivity contribution in [3.63, 3.8) is 0 Å². The highest BCUT2D eigenvalue weighted by molar-refractivity contribution is 5.67. The van der Waals surface area contributed by atoms with E-state index in [0.29, 0.717) is 11.9 Å². The summed E-state index contributed by atoms with van der Waals surface area (Å²) in [5.74, 6) is 1.13. The van der Waals surface area contributed by atoms with Gasteiger partial charge in [-0.25, -0.2) is 0 Å². The van der Waals surface area contributed by atoms with Crippen LogP contribution in [0.15, 0.2) is 18.2 Å². The monoisotopic (exact) mass is 330 g/mol. The van der Waals surface area contributed by atoms with E-state index < -0.39 is 0 Å². The van der Waals surface area contributed by atoms with E-state index in [-0.39, 0.29) is 11.2 Å². The number of aryl methyl sites for hydroxylation is 1. The van der Waals surface area contributed by atoms with Gasteiger partial charge in [0.1, 0.15) is 17.1 Å². The van der Waals surface area contributed by atoms with E-state index in [1.54, 1.807) is 0 Å². The molecule has 132 valence electrons. The maximum Gasteiger partial charge on any atom is 0.131 e. The molecule has 0 amide bonds. The second-order valence-corrected chi connectivity index (χ2v) is 7.98. The number of epoxide rings is 1. The highest BCUT2D eigenvalue weighted by Gasteiger charge is 2.48. The topological polar surface area (TPSA) is 42.0 Å². The molecule has 2 atom stereocenters. The maximum atomic E-state index is 10.3. The van der Waals surface area contributed by atoms with Gasteiger partial charge in [0, 0.05) is 0 Å². The van der Waals surface area contributed by atoms with Crippen LogP contribution in [0.5, 0.6) is 11.5 Å². The fraction of sp³-hybridized carbons (Fsp3) is 0.619. The molecule has 3 rings (SSSR count). The van der Waals surface area contributed by atoms with Gasteiger partial charge in [0.2, 0.25) is 0 Å². The molecule has 3 heteroatoms. The number of hydrogen-bond donors (Lipinski definition) is 1. The Bertz CT molecular complexity index is 632. The van der Waals surface area contributed by atoms with Crippen LogP contribution in [0.4, 0.5) is 0 Å². The van der Waals surface area contributed by atoms with Crippen molar-refractivity contribution in [3.05, 3.63) is 29.3 Å². The van der Waals surface area contributed by atoms with Crippen molar-refractivity contribution in [2.45, 2.75) is 83.5 Å². The number of phenolic OH excluding ortho intramolecular Hbond substituents is 1. The van der Waals surface area contributed by atoms with E-state index in [1.165, 1.54) is 12.8 Å². The molecule has 1 aromatic rings. The minimum atomic E-state index is -0.330. The zero-order valence-corrected chi connectivity index (χ0v) is 15.4. The van der Waals surface area contributed by atoms with Crippen LogP contribution in [-0.2, 0) is 11.2 Å². The molecule has 0 aromatic heterocycles. The molecule has 0 saturated carbocycles. The molecule has 2 aliphatic rings. The second kappa shape index (κ2) is 6.44. The lowest BCUT2D eigenvalue weighted by atomic mass is 9.91. The fourth-order valence-corrected chi connectivity index (χ4v) is 3.48. The SMILES string of the molecule is CCCCCc1cc(O)c2c(c1)OC(C)(CCC1OC1(C)C)C=C2. The van der Waals surface area contributed by atoms with Crippen molar-refractivity contribution in [3.8, 4) is 11.5 Å². The molecule has 0 spiro atoms. The van der Waals surface area contributed by atoms with Crippen LogP contribution in [0, 0.1) is 0 Å². The first-order chi connectivity index (χ1) is 11.3. The van der Waals surface area contributed by atoms with Crippen LogP contribution >= 0.6 is 0 Å². The average Bonchev–Trinajstić information content (AvgIpc) is 3.12. The number of hydrogen-bond acceptors (Lipinski definition) is 3. The second-order valence-electron chi connectivity index (χ2n) is 7.98. The van der Waals surface area contributed by atoms with Crippen molar-refractivity contribution in [2.75, 3.05) is 0 Å². The van der Waals surface area contributed by atoms with Crippen molar-refractivity contribution in [1.82, 2.24) is 0 Å². The van der Waals surface area contributed by atoms with Crippen molar-refractivity contribution in [2.24, 2.45) is 0 Å². The summed E-state index contributed by atoms with van der Waals surface area (Å²) < 4.78 is 12.0. The first kappa shape index (κ1) is 17.3. The lowest BCUT2D eigenvalue weighted by Crippen LogP contribution is -2.32. The van der Waals surface area contributed by atoms with Crippen LogP contribution in [0.3, 0.4) is 0 Å². The third kappa shape index (κ3) is 3.77. The minimum Gasteiger partial charge on any atom is -0.507 e.